The van der Waals surface area contributed by atoms with Crippen molar-refractivity contribution in [3.05, 3.63) is 0 Å². The Morgan fingerprint density at radius 1 is 0.947 bits per heavy atom. The smallest absolute Gasteiger partial charge is 0.0238 e. The van der Waals surface area contributed by atoms with Crippen LogP contribution >= 0.6 is 0 Å². The summed E-state index contributed by atoms with van der Waals surface area (Å²) in [6.45, 7) is 7.09. The minimum atomic E-state index is 0.552. The number of hydrazine groups is 1. The van der Waals surface area contributed by atoms with Gasteiger partial charge in [0.2, 0.25) is 0 Å². The van der Waals surface area contributed by atoms with Gasteiger partial charge in [0.25, 0.3) is 0 Å². The number of rotatable bonds is 9. The van der Waals surface area contributed by atoms with Crippen molar-refractivity contribution >= 4 is 0 Å². The molecular weight excluding hydrogens is 232 g/mol. The second-order valence-electron chi connectivity index (χ2n) is 7.01. The molecule has 0 aromatic heterocycles. The van der Waals surface area contributed by atoms with Crippen molar-refractivity contribution in [1.29, 1.82) is 0 Å². The normalized spacial score (nSPS) is 29.4. The average Bonchev–Trinajstić information content (AvgIpc) is 2.37. The van der Waals surface area contributed by atoms with Gasteiger partial charge in [-0.25, -0.2) is 0 Å². The second kappa shape index (κ2) is 9.77. The predicted molar refractivity (Wildman–Crippen MR) is 84.8 cm³/mol. The number of hydrogen-bond acceptors (Lipinski definition) is 2. The standard InChI is InChI=1S/C17H36N2/c1-4-5-6-7-8-9-10-17(19-18)16-12-14(2)11-15(3)13-16/h14-17,19H,4-13,18H2,1-3H3. The first kappa shape index (κ1) is 17.0. The Bertz CT molecular complexity index is 207. The van der Waals surface area contributed by atoms with Crippen LogP contribution in [0, 0.1) is 17.8 Å². The van der Waals surface area contributed by atoms with E-state index in [2.05, 4.69) is 26.2 Å². The second-order valence-corrected chi connectivity index (χ2v) is 7.01. The molecule has 1 fully saturated rings. The van der Waals surface area contributed by atoms with Gasteiger partial charge in [0, 0.05) is 6.04 Å². The first-order chi connectivity index (χ1) is 9.17. The summed E-state index contributed by atoms with van der Waals surface area (Å²) in [5, 5.41) is 0. The third-order valence-corrected chi connectivity index (χ3v) is 4.87. The molecule has 0 heterocycles. The van der Waals surface area contributed by atoms with E-state index in [9.17, 15) is 0 Å². The molecule has 0 aromatic rings. The average molecular weight is 268 g/mol. The first-order valence-electron chi connectivity index (χ1n) is 8.63. The summed E-state index contributed by atoms with van der Waals surface area (Å²) in [6.07, 6.45) is 13.7. The third-order valence-electron chi connectivity index (χ3n) is 4.87. The van der Waals surface area contributed by atoms with E-state index in [1.807, 2.05) is 0 Å². The highest BCUT2D eigenvalue weighted by atomic mass is 15.2. The maximum absolute atomic E-state index is 5.81. The Hall–Kier alpha value is -0.0800. The highest BCUT2D eigenvalue weighted by Gasteiger charge is 2.29. The summed E-state index contributed by atoms with van der Waals surface area (Å²) in [6, 6.07) is 0.552. The van der Waals surface area contributed by atoms with Crippen molar-refractivity contribution in [2.75, 3.05) is 0 Å². The van der Waals surface area contributed by atoms with Crippen LogP contribution in [0.2, 0.25) is 0 Å². The molecule has 2 heteroatoms. The molecule has 0 radical (unpaired) electrons. The predicted octanol–water partition coefficient (Wildman–Crippen LogP) is 4.64. The van der Waals surface area contributed by atoms with Gasteiger partial charge < -0.3 is 0 Å². The maximum atomic E-state index is 5.81. The fourth-order valence-corrected chi connectivity index (χ4v) is 3.94. The lowest BCUT2D eigenvalue weighted by atomic mass is 9.73. The minimum absolute atomic E-state index is 0.552. The Kier molecular flexibility index (Phi) is 8.72. The van der Waals surface area contributed by atoms with E-state index in [0.29, 0.717) is 6.04 Å². The molecule has 1 saturated carbocycles. The fraction of sp³-hybridized carbons (Fsp3) is 1.00. The van der Waals surface area contributed by atoms with Crippen molar-refractivity contribution in [2.24, 2.45) is 23.6 Å². The Morgan fingerprint density at radius 2 is 1.53 bits per heavy atom. The van der Waals surface area contributed by atoms with Gasteiger partial charge in [0.15, 0.2) is 0 Å². The zero-order valence-electron chi connectivity index (χ0n) is 13.5. The van der Waals surface area contributed by atoms with Gasteiger partial charge in [-0.15, -0.1) is 0 Å². The molecule has 0 aromatic carbocycles. The Labute approximate surface area is 120 Å². The zero-order valence-corrected chi connectivity index (χ0v) is 13.5. The van der Waals surface area contributed by atoms with Gasteiger partial charge >= 0.3 is 0 Å². The Morgan fingerprint density at radius 3 is 2.11 bits per heavy atom. The highest BCUT2D eigenvalue weighted by molar-refractivity contribution is 4.82. The van der Waals surface area contributed by atoms with Crippen molar-refractivity contribution in [3.8, 4) is 0 Å². The molecule has 3 N–H and O–H groups in total. The molecule has 1 rings (SSSR count). The molecular formula is C17H36N2. The van der Waals surface area contributed by atoms with Crippen LogP contribution in [0.1, 0.15) is 85.0 Å². The van der Waals surface area contributed by atoms with E-state index in [1.165, 1.54) is 64.2 Å². The minimum Gasteiger partial charge on any atom is -0.271 e. The third kappa shape index (κ3) is 6.76. The van der Waals surface area contributed by atoms with Crippen LogP contribution in [0.3, 0.4) is 0 Å². The van der Waals surface area contributed by atoms with Gasteiger partial charge in [-0.05, 0) is 43.4 Å². The van der Waals surface area contributed by atoms with Crippen molar-refractivity contribution in [1.82, 2.24) is 5.43 Å². The number of nitrogens with one attached hydrogen (secondary N) is 1. The van der Waals surface area contributed by atoms with Crippen LogP contribution in [0.4, 0.5) is 0 Å². The molecule has 0 aliphatic heterocycles. The SMILES string of the molecule is CCCCCCCCC(NN)C1CC(C)CC(C)C1. The molecule has 0 bridgehead atoms. The monoisotopic (exact) mass is 268 g/mol. The van der Waals surface area contributed by atoms with E-state index in [-0.39, 0.29) is 0 Å². The Balaban J connectivity index is 2.20. The van der Waals surface area contributed by atoms with E-state index in [0.717, 1.165) is 17.8 Å². The molecule has 1 aliphatic carbocycles. The van der Waals surface area contributed by atoms with Crippen molar-refractivity contribution in [3.63, 3.8) is 0 Å². The van der Waals surface area contributed by atoms with Crippen LogP contribution < -0.4 is 11.3 Å². The van der Waals surface area contributed by atoms with E-state index >= 15 is 0 Å². The van der Waals surface area contributed by atoms with Crippen LogP contribution in [-0.4, -0.2) is 6.04 Å². The summed E-state index contributed by atoms with van der Waals surface area (Å²) in [5.41, 5.74) is 3.11. The summed E-state index contributed by atoms with van der Waals surface area (Å²) in [5.74, 6) is 8.38. The molecule has 1 aliphatic rings. The molecule has 0 spiro atoms. The molecule has 2 nitrogen and oxygen atoms in total. The zero-order chi connectivity index (χ0) is 14.1. The number of nitrogens with two attached hydrogens (primary N) is 1. The molecule has 114 valence electrons. The van der Waals surface area contributed by atoms with Crippen LogP contribution in [0.25, 0.3) is 0 Å². The maximum Gasteiger partial charge on any atom is 0.0238 e. The quantitative estimate of drug-likeness (QED) is 0.363. The van der Waals surface area contributed by atoms with Gasteiger partial charge in [-0.3, -0.25) is 11.3 Å². The van der Waals surface area contributed by atoms with Crippen LogP contribution in [0.5, 0.6) is 0 Å². The van der Waals surface area contributed by atoms with Crippen LogP contribution in [-0.2, 0) is 0 Å². The largest absolute Gasteiger partial charge is 0.271 e. The lowest BCUT2D eigenvalue weighted by molar-refractivity contribution is 0.169. The number of unbranched alkanes of at least 4 members (excludes halogenated alkanes) is 5. The molecule has 3 unspecified atom stereocenters. The van der Waals surface area contributed by atoms with Gasteiger partial charge in [-0.2, -0.15) is 0 Å². The molecule has 3 atom stereocenters. The van der Waals surface area contributed by atoms with E-state index in [4.69, 9.17) is 5.84 Å². The van der Waals surface area contributed by atoms with Gasteiger partial charge in [-0.1, -0.05) is 59.3 Å². The number of hydrogen-bond donors (Lipinski definition) is 2. The lowest BCUT2D eigenvalue weighted by Gasteiger charge is -2.36. The summed E-state index contributed by atoms with van der Waals surface area (Å²) >= 11 is 0. The van der Waals surface area contributed by atoms with Gasteiger partial charge in [0.05, 0.1) is 0 Å². The van der Waals surface area contributed by atoms with Crippen molar-refractivity contribution < 1.29 is 0 Å². The highest BCUT2D eigenvalue weighted by Crippen LogP contribution is 2.35. The fourth-order valence-electron chi connectivity index (χ4n) is 3.94. The first-order valence-corrected chi connectivity index (χ1v) is 8.63. The van der Waals surface area contributed by atoms with E-state index < -0.39 is 0 Å². The molecule has 0 saturated heterocycles. The van der Waals surface area contributed by atoms with Gasteiger partial charge in [0.1, 0.15) is 0 Å². The summed E-state index contributed by atoms with van der Waals surface area (Å²) < 4.78 is 0. The van der Waals surface area contributed by atoms with E-state index in [1.54, 1.807) is 0 Å². The topological polar surface area (TPSA) is 38.0 Å². The lowest BCUT2D eigenvalue weighted by Crippen LogP contribution is -2.43. The molecule has 19 heavy (non-hydrogen) atoms. The molecule has 0 amide bonds. The van der Waals surface area contributed by atoms with Crippen molar-refractivity contribution in [2.45, 2.75) is 91.0 Å². The van der Waals surface area contributed by atoms with Crippen LogP contribution in [0.15, 0.2) is 0 Å². The summed E-state index contributed by atoms with van der Waals surface area (Å²) in [7, 11) is 0. The summed E-state index contributed by atoms with van der Waals surface area (Å²) in [4.78, 5) is 0.